The average molecular weight is 459 g/mol. The molecule has 3 fully saturated rings. The summed E-state index contributed by atoms with van der Waals surface area (Å²) in [6.07, 6.45) is -1.64. The van der Waals surface area contributed by atoms with E-state index < -0.39 is 6.10 Å². The lowest BCUT2D eigenvalue weighted by molar-refractivity contribution is 0.00706. The normalized spacial score (nSPS) is 27.8. The number of ether oxygens (including phenoxy) is 4. The van der Waals surface area contributed by atoms with Gasteiger partial charge in [-0.1, -0.05) is 23.7 Å². The lowest BCUT2D eigenvalue weighted by Crippen LogP contribution is -2.36. The maximum atomic E-state index is 9.90. The maximum absolute atomic E-state index is 9.90. The zero-order valence-electron chi connectivity index (χ0n) is 17.2. The van der Waals surface area contributed by atoms with E-state index in [1.807, 2.05) is 12.1 Å². The van der Waals surface area contributed by atoms with Crippen molar-refractivity contribution >= 4 is 28.5 Å². The van der Waals surface area contributed by atoms with Gasteiger partial charge in [0.05, 0.1) is 42.7 Å². The SMILES string of the molecule is O[C@@H]1CO[C@H]2C1OC[C@H]2Oc1nc2nc(-c3ccc(N4CCOCC4)cc3)c(Cl)cc2[nH]1. The van der Waals surface area contributed by atoms with Gasteiger partial charge in [-0.25, -0.2) is 4.98 Å². The van der Waals surface area contributed by atoms with Crippen LogP contribution < -0.4 is 9.64 Å². The zero-order chi connectivity index (χ0) is 21.7. The highest BCUT2D eigenvalue weighted by Crippen LogP contribution is 2.32. The number of pyridine rings is 1. The van der Waals surface area contributed by atoms with E-state index in [2.05, 4.69) is 32.0 Å². The molecule has 0 bridgehead atoms. The van der Waals surface area contributed by atoms with Crippen LogP contribution in [0.1, 0.15) is 0 Å². The van der Waals surface area contributed by atoms with Gasteiger partial charge in [-0.05, 0) is 18.2 Å². The summed E-state index contributed by atoms with van der Waals surface area (Å²) in [7, 11) is 0. The quantitative estimate of drug-likeness (QED) is 0.612. The fraction of sp³-hybridized carbons (Fsp3) is 0.455. The van der Waals surface area contributed by atoms with E-state index in [-0.39, 0.29) is 24.9 Å². The van der Waals surface area contributed by atoms with Crippen molar-refractivity contribution in [2.24, 2.45) is 0 Å². The van der Waals surface area contributed by atoms with Gasteiger partial charge in [0.15, 0.2) is 11.8 Å². The molecule has 4 atom stereocenters. The highest BCUT2D eigenvalue weighted by molar-refractivity contribution is 6.33. The fourth-order valence-corrected chi connectivity index (χ4v) is 4.75. The third kappa shape index (κ3) is 3.60. The monoisotopic (exact) mass is 458 g/mol. The molecule has 1 aromatic carbocycles. The fourth-order valence-electron chi connectivity index (χ4n) is 4.49. The van der Waals surface area contributed by atoms with Crippen molar-refractivity contribution in [3.05, 3.63) is 35.4 Å². The summed E-state index contributed by atoms with van der Waals surface area (Å²) in [5, 5.41) is 10.4. The number of hydrogen-bond donors (Lipinski definition) is 2. The zero-order valence-corrected chi connectivity index (χ0v) is 18.0. The first-order valence-electron chi connectivity index (χ1n) is 10.7. The number of halogens is 1. The average Bonchev–Trinajstić information content (AvgIpc) is 3.51. The number of aromatic amines is 1. The van der Waals surface area contributed by atoms with Gasteiger partial charge < -0.3 is 33.9 Å². The number of aliphatic hydroxyl groups is 1. The molecule has 2 N–H and O–H groups in total. The summed E-state index contributed by atoms with van der Waals surface area (Å²) in [4.78, 5) is 14.6. The van der Waals surface area contributed by atoms with Crippen molar-refractivity contribution in [2.75, 3.05) is 44.4 Å². The predicted molar refractivity (Wildman–Crippen MR) is 117 cm³/mol. The van der Waals surface area contributed by atoms with E-state index in [1.165, 1.54) is 0 Å². The molecule has 0 saturated carbocycles. The highest BCUT2D eigenvalue weighted by atomic mass is 35.5. The molecule has 0 amide bonds. The van der Waals surface area contributed by atoms with Crippen LogP contribution in [0.3, 0.4) is 0 Å². The van der Waals surface area contributed by atoms with Gasteiger partial charge in [0.2, 0.25) is 0 Å². The van der Waals surface area contributed by atoms with Gasteiger partial charge in [-0.2, -0.15) is 4.98 Å². The number of benzene rings is 1. The van der Waals surface area contributed by atoms with Gasteiger partial charge >= 0.3 is 0 Å². The molecule has 0 spiro atoms. The number of hydrogen-bond acceptors (Lipinski definition) is 8. The van der Waals surface area contributed by atoms with Crippen molar-refractivity contribution in [2.45, 2.75) is 24.4 Å². The molecular weight excluding hydrogens is 436 g/mol. The number of nitrogens with one attached hydrogen (secondary N) is 1. The number of nitrogens with zero attached hydrogens (tertiary/aromatic N) is 3. The van der Waals surface area contributed by atoms with Gasteiger partial charge in [0.1, 0.15) is 18.3 Å². The van der Waals surface area contributed by atoms with Crippen LogP contribution in [0.5, 0.6) is 6.01 Å². The van der Waals surface area contributed by atoms with Gasteiger partial charge in [0.25, 0.3) is 6.01 Å². The molecule has 168 valence electrons. The predicted octanol–water partition coefficient (Wildman–Crippen LogP) is 2.02. The molecule has 32 heavy (non-hydrogen) atoms. The third-order valence-corrected chi connectivity index (χ3v) is 6.45. The van der Waals surface area contributed by atoms with E-state index in [4.69, 9.17) is 30.5 Å². The van der Waals surface area contributed by atoms with E-state index in [0.29, 0.717) is 34.5 Å². The van der Waals surface area contributed by atoms with Crippen molar-refractivity contribution < 1.29 is 24.1 Å². The number of aromatic nitrogens is 3. The molecule has 3 aromatic rings. The molecular formula is C22H23ClN4O5. The van der Waals surface area contributed by atoms with E-state index >= 15 is 0 Å². The smallest absolute Gasteiger partial charge is 0.296 e. The summed E-state index contributed by atoms with van der Waals surface area (Å²) in [5.41, 5.74) is 3.93. The van der Waals surface area contributed by atoms with E-state index in [0.717, 1.165) is 37.6 Å². The number of rotatable bonds is 4. The minimum absolute atomic E-state index is 0.250. The molecule has 5 heterocycles. The number of anilines is 1. The first-order chi connectivity index (χ1) is 15.7. The summed E-state index contributed by atoms with van der Waals surface area (Å²) in [6.45, 7) is 3.85. The second kappa shape index (κ2) is 8.17. The summed E-state index contributed by atoms with van der Waals surface area (Å²) in [5.74, 6) is 0. The first kappa shape index (κ1) is 20.2. The van der Waals surface area contributed by atoms with Crippen LogP contribution in [-0.2, 0) is 14.2 Å². The van der Waals surface area contributed by atoms with E-state index in [1.54, 1.807) is 6.07 Å². The Kier molecular flexibility index (Phi) is 5.15. The molecule has 2 aromatic heterocycles. The third-order valence-electron chi connectivity index (χ3n) is 6.17. The summed E-state index contributed by atoms with van der Waals surface area (Å²) < 4.78 is 22.6. The van der Waals surface area contributed by atoms with Crippen LogP contribution in [-0.4, -0.2) is 84.0 Å². The Bertz CT molecular complexity index is 1120. The highest BCUT2D eigenvalue weighted by Gasteiger charge is 2.48. The lowest BCUT2D eigenvalue weighted by Gasteiger charge is -2.28. The molecule has 1 unspecified atom stereocenters. The molecule has 0 radical (unpaired) electrons. The van der Waals surface area contributed by atoms with Crippen LogP contribution >= 0.6 is 11.6 Å². The molecule has 10 heteroatoms. The second-order valence-electron chi connectivity index (χ2n) is 8.20. The summed E-state index contributed by atoms with van der Waals surface area (Å²) in [6, 6.07) is 10.3. The Morgan fingerprint density at radius 2 is 1.84 bits per heavy atom. The summed E-state index contributed by atoms with van der Waals surface area (Å²) >= 11 is 6.55. The molecule has 3 saturated heterocycles. The topological polar surface area (TPSA) is 102 Å². The van der Waals surface area contributed by atoms with Gasteiger partial charge in [-0.15, -0.1) is 0 Å². The number of H-pyrrole nitrogens is 1. The minimum Gasteiger partial charge on any atom is -0.456 e. The van der Waals surface area contributed by atoms with Crippen molar-refractivity contribution in [3.63, 3.8) is 0 Å². The Hall–Kier alpha value is -2.43. The standard InChI is InChI=1S/C22H23ClN4O5/c23-14-9-15-21(26-22(24-15)32-17-11-31-19-16(28)10-30-20(17)19)25-18(14)12-1-3-13(4-2-12)27-5-7-29-8-6-27/h1-4,9,16-17,19-20,28H,5-8,10-11H2,(H,24,25,26)/t16-,17-,19?,20-/m1/s1. The maximum Gasteiger partial charge on any atom is 0.296 e. The van der Waals surface area contributed by atoms with Crippen molar-refractivity contribution in [1.29, 1.82) is 0 Å². The lowest BCUT2D eigenvalue weighted by atomic mass is 10.1. The largest absolute Gasteiger partial charge is 0.456 e. The minimum atomic E-state index is -0.623. The number of aliphatic hydroxyl groups excluding tert-OH is 1. The van der Waals surface area contributed by atoms with Gasteiger partial charge in [-0.3, -0.25) is 0 Å². The molecule has 0 aliphatic carbocycles. The number of fused-ring (bicyclic) bond motifs is 2. The second-order valence-corrected chi connectivity index (χ2v) is 8.60. The molecule has 9 nitrogen and oxygen atoms in total. The molecule has 6 rings (SSSR count). The van der Waals surface area contributed by atoms with Crippen LogP contribution in [0.15, 0.2) is 30.3 Å². The van der Waals surface area contributed by atoms with Crippen LogP contribution in [0.4, 0.5) is 5.69 Å². The van der Waals surface area contributed by atoms with Crippen LogP contribution in [0, 0.1) is 0 Å². The number of imidazole rings is 1. The van der Waals surface area contributed by atoms with Crippen molar-refractivity contribution in [3.8, 4) is 17.3 Å². The van der Waals surface area contributed by atoms with Crippen molar-refractivity contribution in [1.82, 2.24) is 15.0 Å². The van der Waals surface area contributed by atoms with Gasteiger partial charge in [0, 0.05) is 24.3 Å². The Morgan fingerprint density at radius 1 is 1.06 bits per heavy atom. The van der Waals surface area contributed by atoms with Crippen LogP contribution in [0.2, 0.25) is 5.02 Å². The first-order valence-corrected chi connectivity index (χ1v) is 11.1. The van der Waals surface area contributed by atoms with E-state index in [9.17, 15) is 5.11 Å². The Labute approximate surface area is 189 Å². The number of morpholine rings is 1. The molecule has 3 aliphatic heterocycles. The Morgan fingerprint density at radius 3 is 2.66 bits per heavy atom. The molecule has 3 aliphatic rings. The van der Waals surface area contributed by atoms with Crippen LogP contribution in [0.25, 0.3) is 22.4 Å². The Balaban J connectivity index is 1.23.